The van der Waals surface area contributed by atoms with Gasteiger partial charge in [-0.2, -0.15) is 0 Å². The number of hydrogen-bond donors (Lipinski definition) is 2. The average molecular weight is 538 g/mol. The Hall–Kier alpha value is -0.230. The Kier molecular flexibility index (Phi) is 9.48. The van der Waals surface area contributed by atoms with E-state index in [4.69, 9.17) is 23.2 Å². The van der Waals surface area contributed by atoms with Crippen LogP contribution in [0.25, 0.3) is 0 Å². The fourth-order valence-corrected chi connectivity index (χ4v) is 4.08. The lowest BCUT2D eigenvalue weighted by Gasteiger charge is -2.16. The third kappa shape index (κ3) is 6.43. The maximum absolute atomic E-state index is 11.6. The number of rotatable bonds is 6. The lowest BCUT2D eigenvalue weighted by molar-refractivity contribution is 0.459. The van der Waals surface area contributed by atoms with Crippen LogP contribution < -0.4 is 10.6 Å². The molecular weight excluding hydrogens is 512 g/mol. The summed E-state index contributed by atoms with van der Waals surface area (Å²) in [6, 6.07) is 1.80. The molecule has 0 aliphatic carbocycles. The Morgan fingerprint density at radius 1 is 1.38 bits per heavy atom. The van der Waals surface area contributed by atoms with Gasteiger partial charge in [0.1, 0.15) is 5.15 Å². The molecule has 150 valence electrons. The Morgan fingerprint density at radius 3 is 2.58 bits per heavy atom. The zero-order chi connectivity index (χ0) is 18.6. The van der Waals surface area contributed by atoms with Crippen molar-refractivity contribution in [2.75, 3.05) is 32.4 Å². The van der Waals surface area contributed by atoms with Crippen LogP contribution in [0, 0.1) is 5.92 Å². The summed E-state index contributed by atoms with van der Waals surface area (Å²) in [6.07, 6.45) is 2.10. The second-order valence-corrected chi connectivity index (χ2v) is 8.93. The molecule has 1 unspecified atom stereocenters. The van der Waals surface area contributed by atoms with Crippen LogP contribution in [0.15, 0.2) is 11.1 Å². The predicted octanol–water partition coefficient (Wildman–Crippen LogP) is 2.29. The number of halogens is 3. The lowest BCUT2D eigenvalue weighted by atomic mass is 10.1. The van der Waals surface area contributed by atoms with E-state index in [1.807, 2.05) is 14.0 Å². The van der Waals surface area contributed by atoms with E-state index in [9.17, 15) is 8.42 Å². The summed E-state index contributed by atoms with van der Waals surface area (Å²) in [5.41, 5.74) is 0.913. The molecule has 2 heterocycles. The van der Waals surface area contributed by atoms with E-state index in [0.29, 0.717) is 42.3 Å². The number of sulfonamides is 1. The van der Waals surface area contributed by atoms with Gasteiger partial charge in [0.2, 0.25) is 10.0 Å². The molecule has 2 rings (SSSR count). The smallest absolute Gasteiger partial charge is 0.211 e. The molecule has 2 N–H and O–H groups in total. The molecule has 26 heavy (non-hydrogen) atoms. The van der Waals surface area contributed by atoms with Crippen LogP contribution >= 0.6 is 47.2 Å². The van der Waals surface area contributed by atoms with Crippen LogP contribution in [0.5, 0.6) is 0 Å². The van der Waals surface area contributed by atoms with Gasteiger partial charge in [0, 0.05) is 38.9 Å². The first-order valence-electron chi connectivity index (χ1n) is 8.19. The Morgan fingerprint density at radius 2 is 2.08 bits per heavy atom. The van der Waals surface area contributed by atoms with Gasteiger partial charge in [0.25, 0.3) is 0 Å². The zero-order valence-corrected chi connectivity index (χ0v) is 19.8. The molecule has 1 atom stereocenters. The van der Waals surface area contributed by atoms with Crippen LogP contribution in [0.2, 0.25) is 10.2 Å². The van der Waals surface area contributed by atoms with Crippen LogP contribution in [-0.2, 0) is 23.6 Å². The first-order chi connectivity index (χ1) is 11.7. The summed E-state index contributed by atoms with van der Waals surface area (Å²) in [7, 11) is -1.26. The Bertz CT molecular complexity index is 739. The van der Waals surface area contributed by atoms with Gasteiger partial charge in [0.15, 0.2) is 5.96 Å². The van der Waals surface area contributed by atoms with E-state index in [1.54, 1.807) is 10.6 Å². The highest BCUT2D eigenvalue weighted by atomic mass is 127. The van der Waals surface area contributed by atoms with E-state index in [1.165, 1.54) is 10.6 Å². The Labute approximate surface area is 182 Å². The Balaban J connectivity index is 0.00000338. The van der Waals surface area contributed by atoms with Gasteiger partial charge in [-0.3, -0.25) is 0 Å². The van der Waals surface area contributed by atoms with Crippen molar-refractivity contribution >= 4 is 63.2 Å². The first kappa shape index (κ1) is 23.8. The summed E-state index contributed by atoms with van der Waals surface area (Å²) >= 11 is 12.1. The van der Waals surface area contributed by atoms with Crippen LogP contribution in [0.4, 0.5) is 0 Å². The van der Waals surface area contributed by atoms with Crippen LogP contribution in [0.1, 0.15) is 19.0 Å². The highest BCUT2D eigenvalue weighted by Gasteiger charge is 2.28. The largest absolute Gasteiger partial charge is 0.357 e. The maximum Gasteiger partial charge on any atom is 0.211 e. The predicted molar refractivity (Wildman–Crippen MR) is 118 cm³/mol. The van der Waals surface area contributed by atoms with E-state index < -0.39 is 10.0 Å². The normalized spacial score (nSPS) is 18.7. The van der Waals surface area contributed by atoms with Crippen LogP contribution in [0.3, 0.4) is 0 Å². The molecule has 1 aliphatic heterocycles. The van der Waals surface area contributed by atoms with Gasteiger partial charge in [-0.15, -0.1) is 24.0 Å². The molecule has 0 amide bonds. The minimum absolute atomic E-state index is 0. The number of nitrogens with zero attached hydrogens (tertiary/aromatic N) is 3. The van der Waals surface area contributed by atoms with Crippen molar-refractivity contribution in [2.45, 2.75) is 19.9 Å². The highest BCUT2D eigenvalue weighted by Crippen LogP contribution is 2.25. The number of aliphatic imine (C=N–C) groups is 1. The minimum atomic E-state index is -3.11. The lowest BCUT2D eigenvalue weighted by Crippen LogP contribution is -2.40. The molecule has 0 bridgehead atoms. The highest BCUT2D eigenvalue weighted by molar-refractivity contribution is 14.0. The van der Waals surface area contributed by atoms with Gasteiger partial charge in [0.05, 0.1) is 17.8 Å². The number of aromatic nitrogens is 1. The minimum Gasteiger partial charge on any atom is -0.357 e. The van der Waals surface area contributed by atoms with Gasteiger partial charge in [-0.1, -0.05) is 23.2 Å². The fraction of sp³-hybridized carbons (Fsp3) is 0.667. The second-order valence-electron chi connectivity index (χ2n) is 6.19. The van der Waals surface area contributed by atoms with Crippen molar-refractivity contribution in [3.8, 4) is 0 Å². The SMILES string of the molecule is CCNC(=NCc1cc(Cl)c(Cl)n1C)NCC1CCN(S(C)(=O)=O)C1.I. The van der Waals surface area contributed by atoms with Crippen molar-refractivity contribution in [3.63, 3.8) is 0 Å². The summed E-state index contributed by atoms with van der Waals surface area (Å²) in [5.74, 6) is 0.964. The van der Waals surface area contributed by atoms with E-state index in [0.717, 1.165) is 18.7 Å². The molecular formula is C15H26Cl2IN5O2S. The van der Waals surface area contributed by atoms with Gasteiger partial charge >= 0.3 is 0 Å². The molecule has 0 spiro atoms. The molecule has 0 radical (unpaired) electrons. The molecule has 0 aromatic carbocycles. The van der Waals surface area contributed by atoms with Crippen molar-refractivity contribution in [1.29, 1.82) is 0 Å². The number of guanidine groups is 1. The molecule has 1 aromatic heterocycles. The molecule has 11 heteroatoms. The van der Waals surface area contributed by atoms with Crippen molar-refractivity contribution in [2.24, 2.45) is 18.0 Å². The molecule has 1 aliphatic rings. The molecule has 0 saturated carbocycles. The standard InChI is InChI=1S/C15H25Cl2N5O2S.HI/c1-4-18-15(20-9-12-7-13(16)14(17)21(12)2)19-8-11-5-6-22(10-11)25(3,23)24;/h7,11H,4-6,8-10H2,1-3H3,(H2,18,19,20);1H. The van der Waals surface area contributed by atoms with E-state index >= 15 is 0 Å². The van der Waals surface area contributed by atoms with E-state index in [-0.39, 0.29) is 29.9 Å². The topological polar surface area (TPSA) is 78.7 Å². The zero-order valence-electron chi connectivity index (χ0n) is 15.1. The van der Waals surface area contributed by atoms with Gasteiger partial charge < -0.3 is 15.2 Å². The third-order valence-electron chi connectivity index (χ3n) is 4.23. The quantitative estimate of drug-likeness (QED) is 0.331. The van der Waals surface area contributed by atoms with Crippen molar-refractivity contribution < 1.29 is 8.42 Å². The number of hydrogen-bond acceptors (Lipinski definition) is 3. The summed E-state index contributed by atoms with van der Waals surface area (Å²) in [5, 5.41) is 7.49. The van der Waals surface area contributed by atoms with E-state index in [2.05, 4.69) is 15.6 Å². The monoisotopic (exact) mass is 537 g/mol. The van der Waals surface area contributed by atoms with Crippen LogP contribution in [-0.4, -0.2) is 55.7 Å². The van der Waals surface area contributed by atoms with Gasteiger partial charge in [-0.25, -0.2) is 17.7 Å². The van der Waals surface area contributed by atoms with Gasteiger partial charge in [-0.05, 0) is 25.3 Å². The van der Waals surface area contributed by atoms with Crippen molar-refractivity contribution in [3.05, 3.63) is 21.9 Å². The molecule has 1 aromatic rings. The molecule has 7 nitrogen and oxygen atoms in total. The third-order valence-corrected chi connectivity index (χ3v) is 6.35. The number of nitrogens with one attached hydrogen (secondary N) is 2. The summed E-state index contributed by atoms with van der Waals surface area (Å²) in [6.45, 7) is 4.98. The molecule has 1 saturated heterocycles. The first-order valence-corrected chi connectivity index (χ1v) is 10.8. The second kappa shape index (κ2) is 10.4. The summed E-state index contributed by atoms with van der Waals surface area (Å²) in [4.78, 5) is 4.55. The maximum atomic E-state index is 11.6. The molecule has 1 fully saturated rings. The fourth-order valence-electron chi connectivity index (χ4n) is 2.75. The van der Waals surface area contributed by atoms with Crippen molar-refractivity contribution in [1.82, 2.24) is 19.5 Å². The average Bonchev–Trinajstić information content (AvgIpc) is 3.11. The summed E-state index contributed by atoms with van der Waals surface area (Å²) < 4.78 is 26.5.